The third kappa shape index (κ3) is 15.8. The SMILES string of the molecule is NCCCC[C@H](N)C(=O)O.NCCc1ccccc1.O=C(O)c1ccccc1.O=Cc1ccc(-c2ccccc2)cc1. The summed E-state index contributed by atoms with van der Waals surface area (Å²) in [5, 5.41) is 16.7. The zero-order valence-electron chi connectivity index (χ0n) is 23.7. The molecule has 4 aromatic rings. The van der Waals surface area contributed by atoms with Gasteiger partial charge in [0.25, 0.3) is 0 Å². The summed E-state index contributed by atoms with van der Waals surface area (Å²) >= 11 is 0. The number of carboxylic acid groups (broad SMARTS) is 2. The van der Waals surface area contributed by atoms with Crippen molar-refractivity contribution in [2.75, 3.05) is 13.1 Å². The number of hydrogen-bond donors (Lipinski definition) is 5. The molecule has 0 fully saturated rings. The van der Waals surface area contributed by atoms with E-state index in [4.69, 9.17) is 27.4 Å². The summed E-state index contributed by atoms with van der Waals surface area (Å²) in [6.07, 6.45) is 4.01. The lowest BCUT2D eigenvalue weighted by Gasteiger charge is -2.03. The standard InChI is InChI=1S/C13H10O.C8H11N.C7H6O2.C6H14N2O2/c14-10-11-6-8-13(9-7-11)12-4-2-1-3-5-12;9-7-6-8-4-2-1-3-5-8;8-7(9)6-4-2-1-3-5-6;7-4-2-1-3-5(8)6(9)10/h1-10H;1-5H,6-7,9H2;1-5H,(H,8,9);5H,1-4,7-8H2,(H,9,10)/t;;;5-/m...0/s1. The van der Waals surface area contributed by atoms with Crippen LogP contribution in [0.4, 0.5) is 0 Å². The van der Waals surface area contributed by atoms with Crippen molar-refractivity contribution in [1.82, 2.24) is 0 Å². The highest BCUT2D eigenvalue weighted by Gasteiger charge is 2.09. The van der Waals surface area contributed by atoms with E-state index < -0.39 is 18.0 Å². The number of carboxylic acids is 2. The van der Waals surface area contributed by atoms with E-state index in [1.54, 1.807) is 30.3 Å². The van der Waals surface area contributed by atoms with Crippen LogP contribution in [-0.4, -0.2) is 47.6 Å². The van der Waals surface area contributed by atoms with Crippen molar-refractivity contribution in [3.05, 3.63) is 132 Å². The van der Waals surface area contributed by atoms with Gasteiger partial charge in [-0.05, 0) is 61.2 Å². The number of carbonyl (C=O) groups is 3. The summed E-state index contributed by atoms with van der Waals surface area (Å²) in [5.41, 5.74) is 20.4. The first-order valence-electron chi connectivity index (χ1n) is 13.6. The molecule has 0 aliphatic heterocycles. The van der Waals surface area contributed by atoms with Crippen LogP contribution in [0.15, 0.2) is 115 Å². The monoisotopic (exact) mass is 571 g/mol. The second-order valence-corrected chi connectivity index (χ2v) is 9.03. The van der Waals surface area contributed by atoms with Gasteiger partial charge in [-0.3, -0.25) is 9.59 Å². The summed E-state index contributed by atoms with van der Waals surface area (Å²) in [5.74, 6) is -1.81. The molecule has 0 spiro atoms. The summed E-state index contributed by atoms with van der Waals surface area (Å²) in [7, 11) is 0. The fraction of sp³-hybridized carbons (Fsp3) is 0.206. The van der Waals surface area contributed by atoms with Crippen molar-refractivity contribution in [2.24, 2.45) is 17.2 Å². The molecule has 4 aromatic carbocycles. The Hall–Kier alpha value is -4.63. The Balaban J connectivity index is 0.000000286. The van der Waals surface area contributed by atoms with E-state index in [0.29, 0.717) is 24.1 Å². The van der Waals surface area contributed by atoms with Crippen molar-refractivity contribution in [2.45, 2.75) is 31.7 Å². The van der Waals surface area contributed by atoms with Gasteiger partial charge in [-0.1, -0.05) is 110 Å². The van der Waals surface area contributed by atoms with Gasteiger partial charge in [0.15, 0.2) is 0 Å². The fourth-order valence-corrected chi connectivity index (χ4v) is 3.41. The molecule has 8 nitrogen and oxygen atoms in total. The second-order valence-electron chi connectivity index (χ2n) is 9.03. The lowest BCUT2D eigenvalue weighted by atomic mass is 10.0. The number of rotatable bonds is 10. The molecule has 222 valence electrons. The lowest BCUT2D eigenvalue weighted by Crippen LogP contribution is -2.29. The Morgan fingerprint density at radius 2 is 1.17 bits per heavy atom. The fourth-order valence-electron chi connectivity index (χ4n) is 3.41. The van der Waals surface area contributed by atoms with Gasteiger partial charge >= 0.3 is 11.9 Å². The number of benzene rings is 4. The number of nitrogens with two attached hydrogens (primary N) is 3. The normalized spacial score (nSPS) is 10.3. The summed E-state index contributed by atoms with van der Waals surface area (Å²) in [6, 6.07) is 35.5. The number of aliphatic carboxylic acids is 1. The smallest absolute Gasteiger partial charge is 0.335 e. The molecule has 0 aliphatic carbocycles. The van der Waals surface area contributed by atoms with Crippen molar-refractivity contribution in [3.8, 4) is 11.1 Å². The van der Waals surface area contributed by atoms with E-state index in [1.165, 1.54) is 11.1 Å². The van der Waals surface area contributed by atoms with E-state index in [0.717, 1.165) is 37.7 Å². The van der Waals surface area contributed by atoms with Gasteiger partial charge in [-0.2, -0.15) is 0 Å². The molecule has 42 heavy (non-hydrogen) atoms. The molecule has 0 aromatic heterocycles. The maximum absolute atomic E-state index is 10.5. The summed E-state index contributed by atoms with van der Waals surface area (Å²) < 4.78 is 0. The van der Waals surface area contributed by atoms with Crippen LogP contribution in [0.1, 0.15) is 45.5 Å². The molecule has 0 saturated carbocycles. The third-order valence-electron chi connectivity index (χ3n) is 5.74. The predicted molar refractivity (Wildman–Crippen MR) is 168 cm³/mol. The molecular weight excluding hydrogens is 530 g/mol. The molecule has 4 rings (SSSR count). The Bertz CT molecular complexity index is 1270. The highest BCUT2D eigenvalue weighted by Crippen LogP contribution is 2.18. The molecule has 1 atom stereocenters. The summed E-state index contributed by atoms with van der Waals surface area (Å²) in [4.78, 5) is 30.8. The molecule has 0 bridgehead atoms. The van der Waals surface area contributed by atoms with Crippen LogP contribution in [-0.2, 0) is 11.2 Å². The number of aromatic carboxylic acids is 1. The van der Waals surface area contributed by atoms with Crippen LogP contribution < -0.4 is 17.2 Å². The third-order valence-corrected chi connectivity index (χ3v) is 5.74. The molecule has 0 amide bonds. The van der Waals surface area contributed by atoms with Crippen LogP contribution >= 0.6 is 0 Å². The number of carbonyl (C=O) groups excluding carboxylic acids is 1. The molecule has 8 heteroatoms. The molecule has 0 saturated heterocycles. The van der Waals surface area contributed by atoms with Crippen molar-refractivity contribution >= 4 is 18.2 Å². The Kier molecular flexibility index (Phi) is 18.6. The second kappa shape index (κ2) is 22.1. The Labute approximate surface area is 247 Å². The maximum Gasteiger partial charge on any atom is 0.335 e. The zero-order chi connectivity index (χ0) is 31.0. The van der Waals surface area contributed by atoms with Crippen LogP contribution in [0.3, 0.4) is 0 Å². The van der Waals surface area contributed by atoms with Crippen LogP contribution in [0.25, 0.3) is 11.1 Å². The van der Waals surface area contributed by atoms with Crippen molar-refractivity contribution in [3.63, 3.8) is 0 Å². The zero-order valence-corrected chi connectivity index (χ0v) is 23.7. The van der Waals surface area contributed by atoms with Crippen molar-refractivity contribution < 1.29 is 24.6 Å². The number of unbranched alkanes of at least 4 members (excludes halogenated alkanes) is 1. The molecule has 0 aliphatic rings. The highest BCUT2D eigenvalue weighted by molar-refractivity contribution is 5.87. The minimum absolute atomic E-state index is 0.331. The van der Waals surface area contributed by atoms with Gasteiger partial charge < -0.3 is 27.4 Å². The summed E-state index contributed by atoms with van der Waals surface area (Å²) in [6.45, 7) is 1.34. The minimum atomic E-state index is -0.933. The quantitative estimate of drug-likeness (QED) is 0.127. The maximum atomic E-state index is 10.5. The van der Waals surface area contributed by atoms with E-state index in [2.05, 4.69) is 24.3 Å². The van der Waals surface area contributed by atoms with Crippen LogP contribution in [0.5, 0.6) is 0 Å². The average molecular weight is 572 g/mol. The van der Waals surface area contributed by atoms with E-state index >= 15 is 0 Å². The lowest BCUT2D eigenvalue weighted by molar-refractivity contribution is -0.138. The molecular formula is C34H41N3O5. The number of aldehydes is 1. The van der Waals surface area contributed by atoms with E-state index in [-0.39, 0.29) is 0 Å². The van der Waals surface area contributed by atoms with Crippen molar-refractivity contribution in [1.29, 1.82) is 0 Å². The first-order valence-corrected chi connectivity index (χ1v) is 13.6. The average Bonchev–Trinajstić information content (AvgIpc) is 3.03. The molecule has 0 radical (unpaired) electrons. The Morgan fingerprint density at radius 3 is 1.60 bits per heavy atom. The van der Waals surface area contributed by atoms with Crippen LogP contribution in [0, 0.1) is 0 Å². The molecule has 0 heterocycles. The molecule has 0 unspecified atom stereocenters. The largest absolute Gasteiger partial charge is 0.480 e. The van der Waals surface area contributed by atoms with Gasteiger partial charge in [0.1, 0.15) is 12.3 Å². The first kappa shape index (κ1) is 35.4. The molecule has 8 N–H and O–H groups in total. The van der Waals surface area contributed by atoms with E-state index in [9.17, 15) is 14.4 Å². The van der Waals surface area contributed by atoms with Gasteiger partial charge in [0.05, 0.1) is 5.56 Å². The van der Waals surface area contributed by atoms with Gasteiger partial charge in [-0.15, -0.1) is 0 Å². The first-order chi connectivity index (χ1) is 20.3. The van der Waals surface area contributed by atoms with Gasteiger partial charge in [0.2, 0.25) is 0 Å². The van der Waals surface area contributed by atoms with Crippen LogP contribution in [0.2, 0.25) is 0 Å². The predicted octanol–water partition coefficient (Wildman–Crippen LogP) is 5.27. The Morgan fingerprint density at radius 1 is 0.667 bits per heavy atom. The highest BCUT2D eigenvalue weighted by atomic mass is 16.4. The number of hydrogen-bond acceptors (Lipinski definition) is 6. The topological polar surface area (TPSA) is 170 Å². The van der Waals surface area contributed by atoms with E-state index in [1.807, 2.05) is 60.7 Å². The van der Waals surface area contributed by atoms with Gasteiger partial charge in [0, 0.05) is 5.56 Å². The minimum Gasteiger partial charge on any atom is -0.480 e. The van der Waals surface area contributed by atoms with Gasteiger partial charge in [-0.25, -0.2) is 4.79 Å².